The molecule has 0 saturated carbocycles. The van der Waals surface area contributed by atoms with Crippen LogP contribution in [-0.4, -0.2) is 53.5 Å². The Morgan fingerprint density at radius 1 is 1.36 bits per heavy atom. The Hall–Kier alpha value is -2.74. The van der Waals surface area contributed by atoms with Gasteiger partial charge in [-0.25, -0.2) is 0 Å². The van der Waals surface area contributed by atoms with Gasteiger partial charge < -0.3 is 15.0 Å². The van der Waals surface area contributed by atoms with E-state index in [4.69, 9.17) is 17.0 Å². The summed E-state index contributed by atoms with van der Waals surface area (Å²) in [4.78, 5) is 38.0. The van der Waals surface area contributed by atoms with Gasteiger partial charge in [-0.05, 0) is 29.8 Å². The summed E-state index contributed by atoms with van der Waals surface area (Å²) >= 11 is 5.30. The van der Waals surface area contributed by atoms with E-state index in [1.54, 1.807) is 11.0 Å². The molecule has 150 valence electrons. The molecule has 0 aromatic heterocycles. The van der Waals surface area contributed by atoms with Gasteiger partial charge in [-0.15, -0.1) is 0 Å². The summed E-state index contributed by atoms with van der Waals surface area (Å²) < 4.78 is 5.16. The minimum absolute atomic E-state index is 0.110. The topological polar surface area (TPSA) is 87.7 Å². The summed E-state index contributed by atoms with van der Waals surface area (Å²) in [5.41, 5.74) is 0.881. The Kier molecular flexibility index (Phi) is 8.13. The van der Waals surface area contributed by atoms with E-state index in [0.717, 1.165) is 5.56 Å². The average molecular weight is 404 g/mol. The number of thiocarbonyl (C=S) groups is 1. The van der Waals surface area contributed by atoms with Crippen molar-refractivity contribution in [3.8, 4) is 0 Å². The predicted molar refractivity (Wildman–Crippen MR) is 110 cm³/mol. The molecule has 2 amide bonds. The van der Waals surface area contributed by atoms with Gasteiger partial charge in [0.05, 0.1) is 13.0 Å². The third-order valence-corrected chi connectivity index (χ3v) is 4.32. The van der Waals surface area contributed by atoms with Crippen LogP contribution < -0.4 is 10.6 Å². The molecule has 1 atom stereocenters. The number of nitrogens with one attached hydrogen (secondary N) is 2. The van der Waals surface area contributed by atoms with Crippen molar-refractivity contribution in [2.24, 2.45) is 5.92 Å². The molecule has 0 spiro atoms. The smallest absolute Gasteiger partial charge is 0.308 e. The van der Waals surface area contributed by atoms with Crippen LogP contribution in [0.2, 0.25) is 0 Å². The van der Waals surface area contributed by atoms with E-state index in [2.05, 4.69) is 10.6 Å². The molecule has 1 aromatic carbocycles. The first kappa shape index (κ1) is 21.6. The molecule has 0 bridgehead atoms. The molecule has 0 aliphatic carbocycles. The van der Waals surface area contributed by atoms with Crippen LogP contribution in [0.1, 0.15) is 25.8 Å². The van der Waals surface area contributed by atoms with E-state index in [1.807, 2.05) is 44.2 Å². The van der Waals surface area contributed by atoms with Gasteiger partial charge in [0, 0.05) is 19.2 Å². The van der Waals surface area contributed by atoms with Gasteiger partial charge in [0.25, 0.3) is 0 Å². The summed E-state index contributed by atoms with van der Waals surface area (Å²) in [5.74, 6) is -0.985. The van der Waals surface area contributed by atoms with Gasteiger partial charge in [0.15, 0.2) is 5.11 Å². The number of piperazine rings is 1. The summed E-state index contributed by atoms with van der Waals surface area (Å²) in [6.45, 7) is 4.93. The number of esters is 1. The molecular weight excluding hydrogens is 378 g/mol. The monoisotopic (exact) mass is 403 g/mol. The van der Waals surface area contributed by atoms with Crippen LogP contribution in [0.25, 0.3) is 6.08 Å². The average Bonchev–Trinajstić information content (AvgIpc) is 2.67. The molecule has 7 nitrogen and oxygen atoms in total. The fraction of sp³-hybridized carbons (Fsp3) is 0.400. The molecular formula is C20H25N3O4S. The second-order valence-corrected chi connectivity index (χ2v) is 7.21. The number of amides is 2. The maximum Gasteiger partial charge on any atom is 0.308 e. The first-order valence-electron chi connectivity index (χ1n) is 9.15. The lowest BCUT2D eigenvalue weighted by Gasteiger charge is -2.36. The third kappa shape index (κ3) is 6.77. The fourth-order valence-corrected chi connectivity index (χ4v) is 2.91. The zero-order valence-electron chi connectivity index (χ0n) is 16.0. The molecule has 8 heteroatoms. The number of carbonyl (C=O) groups is 3. The molecule has 1 saturated heterocycles. The number of nitrogens with zero attached hydrogens (tertiary/aromatic N) is 1. The number of ether oxygens (including phenoxy) is 1. The minimum atomic E-state index is -0.806. The van der Waals surface area contributed by atoms with E-state index < -0.39 is 17.9 Å². The van der Waals surface area contributed by atoms with Gasteiger partial charge in [0.2, 0.25) is 11.8 Å². The number of hydrogen-bond acceptors (Lipinski definition) is 5. The summed E-state index contributed by atoms with van der Waals surface area (Å²) in [6.07, 6.45) is 2.91. The fourth-order valence-electron chi connectivity index (χ4n) is 2.59. The van der Waals surface area contributed by atoms with Gasteiger partial charge in [-0.1, -0.05) is 44.2 Å². The zero-order chi connectivity index (χ0) is 20.5. The van der Waals surface area contributed by atoms with E-state index >= 15 is 0 Å². The van der Waals surface area contributed by atoms with E-state index in [0.29, 0.717) is 19.7 Å². The molecule has 28 heavy (non-hydrogen) atoms. The standard InChI is InChI=1S/C20H25N3O4S/c1-14(2)13-27-18(25)12-16-19(26)21-10-11-23(16)20(28)22-17(24)9-8-15-6-4-3-5-7-15/h3-9,14,16H,10-13H2,1-2H3,(H,21,26)(H,22,24,28)/b9-8+. The van der Waals surface area contributed by atoms with Gasteiger partial charge in [-0.2, -0.15) is 0 Å². The molecule has 1 aliphatic heterocycles. The number of rotatable bonds is 6. The van der Waals surface area contributed by atoms with Crippen LogP contribution in [0.4, 0.5) is 0 Å². The predicted octanol–water partition coefficient (Wildman–Crippen LogP) is 1.49. The zero-order valence-corrected chi connectivity index (χ0v) is 16.8. The van der Waals surface area contributed by atoms with Gasteiger partial charge >= 0.3 is 5.97 Å². The lowest BCUT2D eigenvalue weighted by Crippen LogP contribution is -2.60. The van der Waals surface area contributed by atoms with Crippen LogP contribution in [0, 0.1) is 5.92 Å². The van der Waals surface area contributed by atoms with E-state index in [9.17, 15) is 14.4 Å². The van der Waals surface area contributed by atoms with Crippen molar-refractivity contribution in [3.05, 3.63) is 42.0 Å². The Balaban J connectivity index is 1.96. The van der Waals surface area contributed by atoms with Gasteiger partial charge in [-0.3, -0.25) is 19.7 Å². The highest BCUT2D eigenvalue weighted by Crippen LogP contribution is 2.11. The van der Waals surface area contributed by atoms with Crippen molar-refractivity contribution >= 4 is 41.2 Å². The molecule has 1 fully saturated rings. The van der Waals surface area contributed by atoms with Crippen molar-refractivity contribution in [3.63, 3.8) is 0 Å². The second kappa shape index (κ2) is 10.6. The molecule has 1 aromatic rings. The highest BCUT2D eigenvalue weighted by Gasteiger charge is 2.34. The third-order valence-electron chi connectivity index (χ3n) is 3.99. The van der Waals surface area contributed by atoms with Crippen LogP contribution in [-0.2, 0) is 19.1 Å². The second-order valence-electron chi connectivity index (χ2n) is 6.82. The highest BCUT2D eigenvalue weighted by atomic mass is 32.1. The van der Waals surface area contributed by atoms with E-state index in [-0.39, 0.29) is 23.4 Å². The minimum Gasteiger partial charge on any atom is -0.465 e. The molecule has 0 radical (unpaired) electrons. The maximum atomic E-state index is 12.2. The normalized spacial score (nSPS) is 16.8. The SMILES string of the molecule is CC(C)COC(=O)CC1C(=O)NCCN1C(=S)NC(=O)/C=C/c1ccccc1. The Labute approximate surface area is 170 Å². The first-order valence-corrected chi connectivity index (χ1v) is 9.55. The van der Waals surface area contributed by atoms with Crippen molar-refractivity contribution in [2.45, 2.75) is 26.3 Å². The van der Waals surface area contributed by atoms with Gasteiger partial charge in [0.1, 0.15) is 6.04 Å². The maximum absolute atomic E-state index is 12.2. The summed E-state index contributed by atoms with van der Waals surface area (Å²) in [5, 5.41) is 5.42. The molecule has 2 rings (SSSR count). The Morgan fingerprint density at radius 3 is 2.75 bits per heavy atom. The quantitative estimate of drug-likeness (QED) is 0.425. The van der Waals surface area contributed by atoms with Crippen molar-refractivity contribution in [1.82, 2.24) is 15.5 Å². The Bertz CT molecular complexity index is 749. The highest BCUT2D eigenvalue weighted by molar-refractivity contribution is 7.80. The lowest BCUT2D eigenvalue weighted by molar-refractivity contribution is -0.148. The van der Waals surface area contributed by atoms with Crippen LogP contribution in [0.5, 0.6) is 0 Å². The largest absolute Gasteiger partial charge is 0.465 e. The molecule has 1 heterocycles. The summed E-state index contributed by atoms with van der Waals surface area (Å²) in [7, 11) is 0. The van der Waals surface area contributed by atoms with Crippen LogP contribution >= 0.6 is 12.2 Å². The molecule has 1 aliphatic rings. The molecule has 1 unspecified atom stereocenters. The van der Waals surface area contributed by atoms with Crippen LogP contribution in [0.15, 0.2) is 36.4 Å². The van der Waals surface area contributed by atoms with E-state index in [1.165, 1.54) is 6.08 Å². The lowest BCUT2D eigenvalue weighted by atomic mass is 10.1. The molecule has 2 N–H and O–H groups in total. The number of benzene rings is 1. The summed E-state index contributed by atoms with van der Waals surface area (Å²) in [6, 6.07) is 8.57. The Morgan fingerprint density at radius 2 is 2.07 bits per heavy atom. The number of hydrogen-bond donors (Lipinski definition) is 2. The van der Waals surface area contributed by atoms with Crippen molar-refractivity contribution in [1.29, 1.82) is 0 Å². The van der Waals surface area contributed by atoms with Crippen molar-refractivity contribution in [2.75, 3.05) is 19.7 Å². The number of carbonyl (C=O) groups excluding carboxylic acids is 3. The van der Waals surface area contributed by atoms with Crippen molar-refractivity contribution < 1.29 is 19.1 Å². The van der Waals surface area contributed by atoms with Crippen LogP contribution in [0.3, 0.4) is 0 Å². The first-order chi connectivity index (χ1) is 13.4.